The molecule has 4 heteroatoms. The van der Waals surface area contributed by atoms with Gasteiger partial charge in [-0.2, -0.15) is 0 Å². The van der Waals surface area contributed by atoms with Crippen LogP contribution >= 0.6 is 0 Å². The van der Waals surface area contributed by atoms with Gasteiger partial charge in [-0.15, -0.1) is 0 Å². The number of carbonyl (C=O) groups excluding carboxylic acids is 1. The zero-order valence-electron chi connectivity index (χ0n) is 11.4. The molecule has 1 aliphatic rings. The van der Waals surface area contributed by atoms with E-state index >= 15 is 0 Å². The zero-order chi connectivity index (χ0) is 13.1. The molecular formula is C14H21N3O. The number of nitrogens with zero attached hydrogens (tertiary/aromatic N) is 2. The van der Waals surface area contributed by atoms with E-state index in [1.807, 2.05) is 30.9 Å². The molecule has 0 aromatic carbocycles. The van der Waals surface area contributed by atoms with E-state index < -0.39 is 0 Å². The number of aromatic nitrogens is 1. The molecule has 0 radical (unpaired) electrons. The maximum absolute atomic E-state index is 12.2. The van der Waals surface area contributed by atoms with Gasteiger partial charge in [-0.25, -0.2) is 9.78 Å². The first kappa shape index (κ1) is 12.9. The molecule has 2 amide bonds. The number of anilines is 1. The molecule has 4 nitrogen and oxygen atoms in total. The van der Waals surface area contributed by atoms with Gasteiger partial charge in [0.2, 0.25) is 0 Å². The van der Waals surface area contributed by atoms with Crippen LogP contribution in [0, 0.1) is 13.8 Å². The van der Waals surface area contributed by atoms with Gasteiger partial charge in [-0.05, 0) is 57.7 Å². The van der Waals surface area contributed by atoms with Crippen molar-refractivity contribution in [2.75, 3.05) is 11.9 Å². The van der Waals surface area contributed by atoms with E-state index in [-0.39, 0.29) is 6.03 Å². The van der Waals surface area contributed by atoms with E-state index in [2.05, 4.69) is 17.2 Å². The Morgan fingerprint density at radius 3 is 2.83 bits per heavy atom. The zero-order valence-corrected chi connectivity index (χ0v) is 11.4. The van der Waals surface area contributed by atoms with E-state index in [9.17, 15) is 4.79 Å². The van der Waals surface area contributed by atoms with E-state index in [1.54, 1.807) is 0 Å². The van der Waals surface area contributed by atoms with Crippen LogP contribution in [0.5, 0.6) is 0 Å². The van der Waals surface area contributed by atoms with E-state index in [4.69, 9.17) is 0 Å². The Labute approximate surface area is 108 Å². The number of rotatable bonds is 1. The summed E-state index contributed by atoms with van der Waals surface area (Å²) in [7, 11) is 0. The summed E-state index contributed by atoms with van der Waals surface area (Å²) in [5.41, 5.74) is 2.04. The quantitative estimate of drug-likeness (QED) is 0.828. The molecule has 1 fully saturated rings. The fourth-order valence-electron chi connectivity index (χ4n) is 2.49. The van der Waals surface area contributed by atoms with Crippen LogP contribution in [-0.2, 0) is 0 Å². The number of piperidine rings is 1. The molecule has 1 saturated heterocycles. The lowest BCUT2D eigenvalue weighted by molar-refractivity contribution is 0.170. The first-order valence-electron chi connectivity index (χ1n) is 6.59. The van der Waals surface area contributed by atoms with Gasteiger partial charge in [0, 0.05) is 18.3 Å². The highest BCUT2D eigenvalue weighted by atomic mass is 16.2. The highest BCUT2D eigenvalue weighted by Gasteiger charge is 2.23. The Bertz CT molecular complexity index is 424. The second kappa shape index (κ2) is 5.38. The second-order valence-electron chi connectivity index (χ2n) is 5.14. The Balaban J connectivity index is 2.06. The maximum Gasteiger partial charge on any atom is 0.323 e. The number of carbonyl (C=O) groups is 1. The number of hydrogen-bond donors (Lipinski definition) is 1. The lowest BCUT2D eigenvalue weighted by Gasteiger charge is -2.33. The van der Waals surface area contributed by atoms with Crippen molar-refractivity contribution >= 4 is 11.8 Å². The normalized spacial score (nSPS) is 19.7. The molecule has 0 unspecified atom stereocenters. The molecule has 1 aromatic heterocycles. The number of likely N-dealkylation sites (tertiary alicyclic amines) is 1. The minimum absolute atomic E-state index is 0.0281. The van der Waals surface area contributed by atoms with Gasteiger partial charge in [0.05, 0.1) is 0 Å². The third-order valence-electron chi connectivity index (χ3n) is 3.40. The topological polar surface area (TPSA) is 45.2 Å². The van der Waals surface area contributed by atoms with Crippen LogP contribution in [0.3, 0.4) is 0 Å². The summed E-state index contributed by atoms with van der Waals surface area (Å²) in [5, 5.41) is 2.90. The van der Waals surface area contributed by atoms with E-state index in [0.29, 0.717) is 11.9 Å². The number of amides is 2. The summed E-state index contributed by atoms with van der Waals surface area (Å²) < 4.78 is 0. The van der Waals surface area contributed by atoms with Gasteiger partial charge >= 0.3 is 6.03 Å². The fourth-order valence-corrected chi connectivity index (χ4v) is 2.49. The SMILES string of the molecule is Cc1cc(C)nc(NC(=O)N2CCCC[C@H]2C)c1. The molecule has 2 heterocycles. The third-order valence-corrected chi connectivity index (χ3v) is 3.40. The van der Waals surface area contributed by atoms with Crippen molar-refractivity contribution in [3.63, 3.8) is 0 Å². The lowest BCUT2D eigenvalue weighted by atomic mass is 10.0. The lowest BCUT2D eigenvalue weighted by Crippen LogP contribution is -2.44. The largest absolute Gasteiger partial charge is 0.323 e. The molecule has 0 bridgehead atoms. The summed E-state index contributed by atoms with van der Waals surface area (Å²) in [4.78, 5) is 18.4. The predicted octanol–water partition coefficient (Wildman–Crippen LogP) is 3.10. The standard InChI is InChI=1S/C14H21N3O/c1-10-8-11(2)15-13(9-10)16-14(18)17-7-5-4-6-12(17)3/h8-9,12H,4-7H2,1-3H3,(H,15,16,18)/t12-/m1/s1. The Morgan fingerprint density at radius 1 is 1.39 bits per heavy atom. The first-order chi connectivity index (χ1) is 8.56. The Morgan fingerprint density at radius 2 is 2.17 bits per heavy atom. The highest BCUT2D eigenvalue weighted by Crippen LogP contribution is 2.18. The molecule has 1 aliphatic heterocycles. The molecule has 0 spiro atoms. The minimum Gasteiger partial charge on any atom is -0.322 e. The Kier molecular flexibility index (Phi) is 3.84. The van der Waals surface area contributed by atoms with Gasteiger partial charge < -0.3 is 4.90 Å². The molecule has 0 saturated carbocycles. The van der Waals surface area contributed by atoms with Crippen LogP contribution < -0.4 is 5.32 Å². The number of hydrogen-bond acceptors (Lipinski definition) is 2. The summed E-state index contributed by atoms with van der Waals surface area (Å²) in [5.74, 6) is 0.648. The van der Waals surface area contributed by atoms with Crippen LogP contribution in [0.2, 0.25) is 0 Å². The van der Waals surface area contributed by atoms with Gasteiger partial charge in [-0.1, -0.05) is 0 Å². The smallest absolute Gasteiger partial charge is 0.322 e. The second-order valence-corrected chi connectivity index (χ2v) is 5.14. The number of pyridine rings is 1. The first-order valence-corrected chi connectivity index (χ1v) is 6.59. The molecular weight excluding hydrogens is 226 g/mol. The summed E-state index contributed by atoms with van der Waals surface area (Å²) in [6, 6.07) is 4.20. The Hall–Kier alpha value is -1.58. The molecule has 1 N–H and O–H groups in total. The van der Waals surface area contributed by atoms with Crippen molar-refractivity contribution < 1.29 is 4.79 Å². The van der Waals surface area contributed by atoms with Crippen LogP contribution in [0.15, 0.2) is 12.1 Å². The van der Waals surface area contributed by atoms with Crippen molar-refractivity contribution in [1.29, 1.82) is 0 Å². The average Bonchev–Trinajstić information content (AvgIpc) is 2.27. The van der Waals surface area contributed by atoms with Crippen molar-refractivity contribution in [3.8, 4) is 0 Å². The number of urea groups is 1. The average molecular weight is 247 g/mol. The monoisotopic (exact) mass is 247 g/mol. The fraction of sp³-hybridized carbons (Fsp3) is 0.571. The predicted molar refractivity (Wildman–Crippen MR) is 72.7 cm³/mol. The molecule has 1 atom stereocenters. The molecule has 1 aromatic rings. The van der Waals surface area contributed by atoms with Crippen molar-refractivity contribution in [2.24, 2.45) is 0 Å². The van der Waals surface area contributed by atoms with Gasteiger partial charge in [0.25, 0.3) is 0 Å². The van der Waals surface area contributed by atoms with Gasteiger partial charge in [0.1, 0.15) is 5.82 Å². The van der Waals surface area contributed by atoms with Crippen LogP contribution in [0.1, 0.15) is 37.4 Å². The van der Waals surface area contributed by atoms with Crippen molar-refractivity contribution in [2.45, 2.75) is 46.1 Å². The summed E-state index contributed by atoms with van der Waals surface area (Å²) >= 11 is 0. The van der Waals surface area contributed by atoms with Crippen LogP contribution in [0.25, 0.3) is 0 Å². The summed E-state index contributed by atoms with van der Waals surface area (Å²) in [6.45, 7) is 6.89. The molecule has 0 aliphatic carbocycles. The summed E-state index contributed by atoms with van der Waals surface area (Å²) in [6.07, 6.45) is 3.40. The molecule has 2 rings (SSSR count). The maximum atomic E-state index is 12.2. The van der Waals surface area contributed by atoms with E-state index in [1.165, 1.54) is 6.42 Å². The number of nitrogens with one attached hydrogen (secondary N) is 1. The minimum atomic E-state index is -0.0281. The molecule has 98 valence electrons. The molecule has 18 heavy (non-hydrogen) atoms. The van der Waals surface area contributed by atoms with Gasteiger partial charge in [-0.3, -0.25) is 5.32 Å². The van der Waals surface area contributed by atoms with Crippen LogP contribution in [-0.4, -0.2) is 28.5 Å². The number of aryl methyl sites for hydroxylation is 2. The van der Waals surface area contributed by atoms with Gasteiger partial charge in [0.15, 0.2) is 0 Å². The van der Waals surface area contributed by atoms with Crippen molar-refractivity contribution in [1.82, 2.24) is 9.88 Å². The van der Waals surface area contributed by atoms with Crippen molar-refractivity contribution in [3.05, 3.63) is 23.4 Å². The van der Waals surface area contributed by atoms with E-state index in [0.717, 1.165) is 30.6 Å². The van der Waals surface area contributed by atoms with Crippen LogP contribution in [0.4, 0.5) is 10.6 Å². The highest BCUT2D eigenvalue weighted by molar-refractivity contribution is 5.88. The third kappa shape index (κ3) is 3.00.